The minimum atomic E-state index is -0.0970. The van der Waals surface area contributed by atoms with Gasteiger partial charge in [0, 0.05) is 25.2 Å². The van der Waals surface area contributed by atoms with Crippen molar-refractivity contribution >= 4 is 17.4 Å². The van der Waals surface area contributed by atoms with Crippen molar-refractivity contribution in [1.82, 2.24) is 4.90 Å². The first-order valence-corrected chi connectivity index (χ1v) is 7.49. The lowest BCUT2D eigenvalue weighted by Gasteiger charge is -2.23. The fourth-order valence-corrected chi connectivity index (χ4v) is 2.68. The van der Waals surface area contributed by atoms with E-state index in [2.05, 4.69) is 5.32 Å². The predicted octanol–water partition coefficient (Wildman–Crippen LogP) is 2.45. The minimum Gasteiger partial charge on any atom is -0.486 e. The van der Waals surface area contributed by atoms with E-state index < -0.39 is 0 Å². The lowest BCUT2D eigenvalue weighted by molar-refractivity contribution is 0.172. The van der Waals surface area contributed by atoms with E-state index in [1.165, 1.54) is 12.8 Å². The molecule has 2 aliphatic rings. The molecule has 2 heterocycles. The van der Waals surface area contributed by atoms with Gasteiger partial charge >= 0.3 is 6.03 Å². The van der Waals surface area contributed by atoms with Gasteiger partial charge in [0.05, 0.1) is 11.4 Å². The minimum absolute atomic E-state index is 0.0970. The SMILES string of the molecule is Nc1cc2c(cc1NC(=O)N1CCCCCC1)OCCO2. The molecule has 6 heteroatoms. The number of nitrogens with one attached hydrogen (secondary N) is 1. The molecule has 0 saturated carbocycles. The first-order chi connectivity index (χ1) is 10.2. The Morgan fingerprint density at radius 2 is 1.67 bits per heavy atom. The summed E-state index contributed by atoms with van der Waals surface area (Å²) in [5, 5.41) is 2.88. The summed E-state index contributed by atoms with van der Waals surface area (Å²) in [4.78, 5) is 14.2. The summed E-state index contributed by atoms with van der Waals surface area (Å²) in [6, 6.07) is 3.34. The molecule has 0 aliphatic carbocycles. The highest BCUT2D eigenvalue weighted by Crippen LogP contribution is 2.37. The fourth-order valence-electron chi connectivity index (χ4n) is 2.68. The Morgan fingerprint density at radius 1 is 1.05 bits per heavy atom. The normalized spacial score (nSPS) is 18.0. The van der Waals surface area contributed by atoms with Crippen LogP contribution in [0.1, 0.15) is 25.7 Å². The maximum atomic E-state index is 12.3. The molecule has 3 N–H and O–H groups in total. The Hall–Kier alpha value is -2.11. The van der Waals surface area contributed by atoms with Crippen molar-refractivity contribution in [3.8, 4) is 11.5 Å². The molecule has 6 nitrogen and oxygen atoms in total. The number of fused-ring (bicyclic) bond motifs is 1. The maximum absolute atomic E-state index is 12.3. The summed E-state index contributed by atoms with van der Waals surface area (Å²) in [6.07, 6.45) is 4.50. The second kappa shape index (κ2) is 6.11. The van der Waals surface area contributed by atoms with Crippen molar-refractivity contribution < 1.29 is 14.3 Å². The van der Waals surface area contributed by atoms with E-state index in [1.807, 2.05) is 4.90 Å². The van der Waals surface area contributed by atoms with Crippen LogP contribution in [0.15, 0.2) is 12.1 Å². The Bertz CT molecular complexity index is 525. The molecule has 0 atom stereocenters. The van der Waals surface area contributed by atoms with E-state index in [0.29, 0.717) is 36.1 Å². The molecule has 114 valence electrons. The number of hydrogen-bond acceptors (Lipinski definition) is 4. The Balaban J connectivity index is 1.73. The Morgan fingerprint density at radius 3 is 2.33 bits per heavy atom. The highest BCUT2D eigenvalue weighted by Gasteiger charge is 2.19. The summed E-state index contributed by atoms with van der Waals surface area (Å²) in [7, 11) is 0. The summed E-state index contributed by atoms with van der Waals surface area (Å²) in [6.45, 7) is 2.63. The number of likely N-dealkylation sites (tertiary alicyclic amines) is 1. The third kappa shape index (κ3) is 3.15. The van der Waals surface area contributed by atoms with Crippen LogP contribution in [0.25, 0.3) is 0 Å². The van der Waals surface area contributed by atoms with E-state index in [9.17, 15) is 4.79 Å². The first-order valence-electron chi connectivity index (χ1n) is 7.49. The van der Waals surface area contributed by atoms with E-state index in [0.717, 1.165) is 25.9 Å². The van der Waals surface area contributed by atoms with Gasteiger partial charge in [0.25, 0.3) is 0 Å². The average Bonchev–Trinajstić information content (AvgIpc) is 2.77. The van der Waals surface area contributed by atoms with Crippen LogP contribution in [0, 0.1) is 0 Å². The van der Waals surface area contributed by atoms with Crippen molar-refractivity contribution in [3.05, 3.63) is 12.1 Å². The summed E-state index contributed by atoms with van der Waals surface area (Å²) >= 11 is 0. The van der Waals surface area contributed by atoms with Gasteiger partial charge in [-0.05, 0) is 12.8 Å². The van der Waals surface area contributed by atoms with Gasteiger partial charge in [0.15, 0.2) is 11.5 Å². The number of rotatable bonds is 1. The largest absolute Gasteiger partial charge is 0.486 e. The van der Waals surface area contributed by atoms with Crippen LogP contribution in [-0.2, 0) is 0 Å². The van der Waals surface area contributed by atoms with E-state index >= 15 is 0 Å². The van der Waals surface area contributed by atoms with Gasteiger partial charge in [0.2, 0.25) is 0 Å². The van der Waals surface area contributed by atoms with E-state index in [1.54, 1.807) is 12.1 Å². The lowest BCUT2D eigenvalue weighted by Crippen LogP contribution is -2.35. The number of carbonyl (C=O) groups excluding carboxylic acids is 1. The second-order valence-electron chi connectivity index (χ2n) is 5.41. The zero-order valence-electron chi connectivity index (χ0n) is 12.1. The van der Waals surface area contributed by atoms with Gasteiger partial charge in [-0.25, -0.2) is 4.79 Å². The van der Waals surface area contributed by atoms with Gasteiger partial charge in [-0.3, -0.25) is 0 Å². The third-order valence-electron chi connectivity index (χ3n) is 3.85. The van der Waals surface area contributed by atoms with Crippen LogP contribution in [0.3, 0.4) is 0 Å². The molecule has 0 aromatic heterocycles. The van der Waals surface area contributed by atoms with Crippen molar-refractivity contribution in [1.29, 1.82) is 0 Å². The molecule has 0 bridgehead atoms. The summed E-state index contributed by atoms with van der Waals surface area (Å²) in [5.74, 6) is 1.26. The molecule has 0 radical (unpaired) electrons. The van der Waals surface area contributed by atoms with Gasteiger partial charge < -0.3 is 25.4 Å². The molecule has 0 unspecified atom stereocenters. The number of anilines is 2. The van der Waals surface area contributed by atoms with Crippen molar-refractivity contribution in [2.45, 2.75) is 25.7 Å². The van der Waals surface area contributed by atoms with E-state index in [-0.39, 0.29) is 6.03 Å². The number of hydrogen-bond donors (Lipinski definition) is 2. The number of amides is 2. The molecule has 1 saturated heterocycles. The zero-order chi connectivity index (χ0) is 14.7. The lowest BCUT2D eigenvalue weighted by atomic mass is 10.2. The number of benzene rings is 1. The fraction of sp³-hybridized carbons (Fsp3) is 0.533. The third-order valence-corrected chi connectivity index (χ3v) is 3.85. The van der Waals surface area contributed by atoms with Gasteiger partial charge in [-0.15, -0.1) is 0 Å². The van der Waals surface area contributed by atoms with Gasteiger partial charge in [-0.2, -0.15) is 0 Å². The van der Waals surface area contributed by atoms with Crippen LogP contribution < -0.4 is 20.5 Å². The molecule has 1 aromatic rings. The Labute approximate surface area is 124 Å². The smallest absolute Gasteiger partial charge is 0.321 e. The van der Waals surface area contributed by atoms with Crippen LogP contribution in [0.2, 0.25) is 0 Å². The number of urea groups is 1. The van der Waals surface area contributed by atoms with Gasteiger partial charge in [-0.1, -0.05) is 12.8 Å². The van der Waals surface area contributed by atoms with Crippen LogP contribution in [-0.4, -0.2) is 37.2 Å². The number of nitrogens with zero attached hydrogens (tertiary/aromatic N) is 1. The predicted molar refractivity (Wildman–Crippen MR) is 80.9 cm³/mol. The van der Waals surface area contributed by atoms with Crippen LogP contribution in [0.5, 0.6) is 11.5 Å². The van der Waals surface area contributed by atoms with Crippen molar-refractivity contribution in [3.63, 3.8) is 0 Å². The number of nitrogens with two attached hydrogens (primary N) is 1. The number of carbonyl (C=O) groups is 1. The molecular formula is C15H21N3O3. The summed E-state index contributed by atoms with van der Waals surface area (Å²) < 4.78 is 11.0. The Kier molecular flexibility index (Phi) is 4.03. The molecule has 0 spiro atoms. The quantitative estimate of drug-likeness (QED) is 0.779. The zero-order valence-corrected chi connectivity index (χ0v) is 12.1. The number of nitrogen functional groups attached to an aromatic ring is 1. The van der Waals surface area contributed by atoms with Crippen molar-refractivity contribution in [2.24, 2.45) is 0 Å². The van der Waals surface area contributed by atoms with Crippen LogP contribution >= 0.6 is 0 Å². The maximum Gasteiger partial charge on any atom is 0.321 e. The second-order valence-corrected chi connectivity index (χ2v) is 5.41. The van der Waals surface area contributed by atoms with Crippen LogP contribution in [0.4, 0.5) is 16.2 Å². The van der Waals surface area contributed by atoms with Crippen molar-refractivity contribution in [2.75, 3.05) is 37.4 Å². The highest BCUT2D eigenvalue weighted by atomic mass is 16.6. The number of ether oxygens (including phenoxy) is 2. The molecule has 2 amide bonds. The van der Waals surface area contributed by atoms with E-state index in [4.69, 9.17) is 15.2 Å². The topological polar surface area (TPSA) is 76.8 Å². The summed E-state index contributed by atoms with van der Waals surface area (Å²) in [5.41, 5.74) is 7.05. The molecule has 1 fully saturated rings. The highest BCUT2D eigenvalue weighted by molar-refractivity contribution is 5.93. The monoisotopic (exact) mass is 291 g/mol. The molecule has 21 heavy (non-hydrogen) atoms. The average molecular weight is 291 g/mol. The molecule has 3 rings (SSSR count). The molecule has 2 aliphatic heterocycles. The first kappa shape index (κ1) is 13.9. The molecular weight excluding hydrogens is 270 g/mol. The standard InChI is InChI=1S/C15H21N3O3/c16-11-9-13-14(21-8-7-20-13)10-12(11)17-15(19)18-5-3-1-2-4-6-18/h9-10H,1-8,16H2,(H,17,19). The molecule has 1 aromatic carbocycles. The van der Waals surface area contributed by atoms with Gasteiger partial charge in [0.1, 0.15) is 13.2 Å².